The van der Waals surface area contributed by atoms with Crippen molar-refractivity contribution in [1.82, 2.24) is 0 Å². The number of phenols is 1. The minimum absolute atomic E-state index is 0.345. The third-order valence-electron chi connectivity index (χ3n) is 4.74. The molecule has 2 rings (SSSR count). The maximum Gasteiger partial charge on any atom is 0.162 e. The lowest BCUT2D eigenvalue weighted by atomic mass is 9.93. The molecule has 0 amide bonds. The third kappa shape index (κ3) is 5.58. The highest BCUT2D eigenvalue weighted by atomic mass is 32.2. The second kappa shape index (κ2) is 9.41. The van der Waals surface area contributed by atoms with Gasteiger partial charge in [-0.05, 0) is 98.6 Å². The molecule has 0 heterocycles. The number of benzene rings is 2. The SMILES string of the molecule is CCSCCCc1ccc(OC(C)(C)c2cc(C)c(O)c(C)c2)c(OC)c1. The van der Waals surface area contributed by atoms with E-state index in [4.69, 9.17) is 9.47 Å². The van der Waals surface area contributed by atoms with Gasteiger partial charge in [0.05, 0.1) is 7.11 Å². The first kappa shape index (κ1) is 21.5. The van der Waals surface area contributed by atoms with Crippen molar-refractivity contribution in [2.45, 2.75) is 53.1 Å². The van der Waals surface area contributed by atoms with E-state index in [9.17, 15) is 5.11 Å². The van der Waals surface area contributed by atoms with Gasteiger partial charge in [-0.3, -0.25) is 0 Å². The van der Waals surface area contributed by atoms with Gasteiger partial charge in [0.25, 0.3) is 0 Å². The number of hydrogen-bond acceptors (Lipinski definition) is 4. The van der Waals surface area contributed by atoms with Gasteiger partial charge in [-0.15, -0.1) is 0 Å². The second-order valence-electron chi connectivity index (χ2n) is 7.36. The molecule has 3 nitrogen and oxygen atoms in total. The molecule has 0 fully saturated rings. The fourth-order valence-corrected chi connectivity index (χ4v) is 3.75. The summed E-state index contributed by atoms with van der Waals surface area (Å²) in [5.74, 6) is 4.19. The monoisotopic (exact) mass is 388 g/mol. The molecule has 0 saturated heterocycles. The van der Waals surface area contributed by atoms with Crippen LogP contribution in [0.4, 0.5) is 0 Å². The van der Waals surface area contributed by atoms with Gasteiger partial charge in [-0.1, -0.05) is 13.0 Å². The Kier molecular flexibility index (Phi) is 7.49. The molecular weight excluding hydrogens is 356 g/mol. The zero-order chi connectivity index (χ0) is 20.0. The molecule has 0 aliphatic rings. The Morgan fingerprint density at radius 3 is 2.30 bits per heavy atom. The minimum atomic E-state index is -0.546. The fraction of sp³-hybridized carbons (Fsp3) is 0.478. The summed E-state index contributed by atoms with van der Waals surface area (Å²) in [6.07, 6.45) is 2.21. The van der Waals surface area contributed by atoms with E-state index >= 15 is 0 Å². The molecular formula is C23H32O3S. The molecule has 0 radical (unpaired) electrons. The molecule has 1 N–H and O–H groups in total. The van der Waals surface area contributed by atoms with E-state index in [1.165, 1.54) is 23.5 Å². The van der Waals surface area contributed by atoms with Gasteiger partial charge >= 0.3 is 0 Å². The lowest BCUT2D eigenvalue weighted by Crippen LogP contribution is -2.25. The van der Waals surface area contributed by atoms with E-state index in [2.05, 4.69) is 19.1 Å². The molecule has 2 aromatic carbocycles. The summed E-state index contributed by atoms with van der Waals surface area (Å²) in [5.41, 5.74) is 3.46. The van der Waals surface area contributed by atoms with E-state index in [-0.39, 0.29) is 0 Å². The lowest BCUT2D eigenvalue weighted by Gasteiger charge is -2.29. The number of rotatable bonds is 9. The number of hydrogen-bond donors (Lipinski definition) is 1. The van der Waals surface area contributed by atoms with Crippen molar-refractivity contribution in [2.75, 3.05) is 18.6 Å². The molecule has 0 bridgehead atoms. The Labute approximate surface area is 168 Å². The minimum Gasteiger partial charge on any atom is -0.507 e. The van der Waals surface area contributed by atoms with Crippen LogP contribution in [0.3, 0.4) is 0 Å². The third-order valence-corrected chi connectivity index (χ3v) is 5.72. The summed E-state index contributed by atoms with van der Waals surface area (Å²) in [6, 6.07) is 10.2. The zero-order valence-electron chi connectivity index (χ0n) is 17.4. The zero-order valence-corrected chi connectivity index (χ0v) is 18.2. The number of methoxy groups -OCH3 is 1. The van der Waals surface area contributed by atoms with Crippen molar-refractivity contribution >= 4 is 11.8 Å². The van der Waals surface area contributed by atoms with Crippen LogP contribution in [0, 0.1) is 13.8 Å². The lowest BCUT2D eigenvalue weighted by molar-refractivity contribution is 0.104. The molecule has 0 aromatic heterocycles. The molecule has 4 heteroatoms. The standard InChI is InChI=1S/C23H32O3S/c1-7-27-12-8-9-18-10-11-20(21(15-18)25-6)26-23(4,5)19-13-16(2)22(24)17(3)14-19/h10-11,13-15,24H,7-9,12H2,1-6H3. The summed E-state index contributed by atoms with van der Waals surface area (Å²) < 4.78 is 11.9. The average molecular weight is 389 g/mol. The fourth-order valence-electron chi connectivity index (χ4n) is 3.11. The topological polar surface area (TPSA) is 38.7 Å². The molecule has 0 aliphatic carbocycles. The Balaban J connectivity index is 2.19. The highest BCUT2D eigenvalue weighted by Gasteiger charge is 2.25. The van der Waals surface area contributed by atoms with Crippen molar-refractivity contribution in [1.29, 1.82) is 0 Å². The van der Waals surface area contributed by atoms with E-state index in [0.717, 1.165) is 34.6 Å². The first-order valence-corrected chi connectivity index (χ1v) is 10.7. The van der Waals surface area contributed by atoms with Gasteiger partial charge < -0.3 is 14.6 Å². The summed E-state index contributed by atoms with van der Waals surface area (Å²) in [6.45, 7) is 10.1. The quantitative estimate of drug-likeness (QED) is 0.533. The van der Waals surface area contributed by atoms with E-state index in [1.807, 2.05) is 57.7 Å². The van der Waals surface area contributed by atoms with Crippen LogP contribution in [0.15, 0.2) is 30.3 Å². The normalized spacial score (nSPS) is 11.5. The van der Waals surface area contributed by atoms with Crippen LogP contribution < -0.4 is 9.47 Å². The number of ether oxygens (including phenoxy) is 2. The first-order valence-electron chi connectivity index (χ1n) is 9.52. The summed E-state index contributed by atoms with van der Waals surface area (Å²) >= 11 is 1.98. The molecule has 0 atom stereocenters. The van der Waals surface area contributed by atoms with Crippen LogP contribution in [0.1, 0.15) is 49.4 Å². The maximum atomic E-state index is 10.0. The van der Waals surface area contributed by atoms with Crippen LogP contribution >= 0.6 is 11.8 Å². The highest BCUT2D eigenvalue weighted by Crippen LogP contribution is 2.37. The van der Waals surface area contributed by atoms with Gasteiger partial charge in [0, 0.05) is 0 Å². The number of phenolic OH excluding ortho intramolecular Hbond substituents is 1. The van der Waals surface area contributed by atoms with Crippen molar-refractivity contribution in [3.05, 3.63) is 52.6 Å². The largest absolute Gasteiger partial charge is 0.507 e. The van der Waals surface area contributed by atoms with Crippen molar-refractivity contribution in [3.63, 3.8) is 0 Å². The Bertz CT molecular complexity index is 745. The molecule has 148 valence electrons. The maximum absolute atomic E-state index is 10.0. The van der Waals surface area contributed by atoms with Crippen molar-refractivity contribution in [2.24, 2.45) is 0 Å². The number of aromatic hydroxyl groups is 1. The van der Waals surface area contributed by atoms with E-state index in [0.29, 0.717) is 5.75 Å². The van der Waals surface area contributed by atoms with Gasteiger partial charge in [-0.25, -0.2) is 0 Å². The highest BCUT2D eigenvalue weighted by molar-refractivity contribution is 7.99. The summed E-state index contributed by atoms with van der Waals surface area (Å²) in [5, 5.41) is 10.0. The van der Waals surface area contributed by atoms with Gasteiger partial charge in [0.15, 0.2) is 11.5 Å². The Morgan fingerprint density at radius 2 is 1.70 bits per heavy atom. The molecule has 27 heavy (non-hydrogen) atoms. The van der Waals surface area contributed by atoms with Gasteiger partial charge in [0.1, 0.15) is 11.4 Å². The predicted octanol–water partition coefficient (Wildman–Crippen LogP) is 6.02. The molecule has 0 unspecified atom stereocenters. The van der Waals surface area contributed by atoms with Crippen molar-refractivity contribution < 1.29 is 14.6 Å². The predicted molar refractivity (Wildman–Crippen MR) is 116 cm³/mol. The van der Waals surface area contributed by atoms with Gasteiger partial charge in [0.2, 0.25) is 0 Å². The first-order chi connectivity index (χ1) is 12.8. The van der Waals surface area contributed by atoms with Crippen LogP contribution in [-0.2, 0) is 12.0 Å². The van der Waals surface area contributed by atoms with Crippen LogP contribution in [0.25, 0.3) is 0 Å². The smallest absolute Gasteiger partial charge is 0.162 e. The second-order valence-corrected chi connectivity index (χ2v) is 8.75. The Morgan fingerprint density at radius 1 is 1.04 bits per heavy atom. The van der Waals surface area contributed by atoms with Gasteiger partial charge in [-0.2, -0.15) is 11.8 Å². The van der Waals surface area contributed by atoms with Crippen LogP contribution in [-0.4, -0.2) is 23.7 Å². The molecule has 0 saturated carbocycles. The van der Waals surface area contributed by atoms with Crippen LogP contribution in [0.2, 0.25) is 0 Å². The van der Waals surface area contributed by atoms with Crippen molar-refractivity contribution in [3.8, 4) is 17.2 Å². The summed E-state index contributed by atoms with van der Waals surface area (Å²) in [7, 11) is 1.68. The Hall–Kier alpha value is -1.81. The number of thioether (sulfide) groups is 1. The molecule has 0 spiro atoms. The number of aryl methyl sites for hydroxylation is 3. The van der Waals surface area contributed by atoms with E-state index in [1.54, 1.807) is 7.11 Å². The summed E-state index contributed by atoms with van der Waals surface area (Å²) in [4.78, 5) is 0. The average Bonchev–Trinajstić information content (AvgIpc) is 2.63. The molecule has 0 aliphatic heterocycles. The van der Waals surface area contributed by atoms with E-state index < -0.39 is 5.60 Å². The molecule has 2 aromatic rings. The van der Waals surface area contributed by atoms with Crippen LogP contribution in [0.5, 0.6) is 17.2 Å².